The van der Waals surface area contributed by atoms with E-state index in [9.17, 15) is 0 Å². The number of pyridine rings is 1. The van der Waals surface area contributed by atoms with Crippen LogP contribution in [-0.2, 0) is 0 Å². The molecule has 0 aliphatic rings. The van der Waals surface area contributed by atoms with Gasteiger partial charge in [0, 0.05) is 11.8 Å². The summed E-state index contributed by atoms with van der Waals surface area (Å²) in [5.74, 6) is 0.755. The van der Waals surface area contributed by atoms with Gasteiger partial charge in [0.05, 0.1) is 6.61 Å². The van der Waals surface area contributed by atoms with E-state index in [1.54, 1.807) is 12.3 Å². The second-order valence-corrected chi connectivity index (χ2v) is 3.05. The predicted molar refractivity (Wildman–Crippen MR) is 49.3 cm³/mol. The average molecular weight is 232 g/mol. The van der Waals surface area contributed by atoms with Gasteiger partial charge in [-0.1, -0.05) is 0 Å². The van der Waals surface area contributed by atoms with Crippen LogP contribution < -0.4 is 4.74 Å². The van der Waals surface area contributed by atoms with E-state index in [1.165, 1.54) is 0 Å². The average Bonchev–Trinajstić information content (AvgIpc) is 2.08. The molecule has 0 amide bonds. The van der Waals surface area contributed by atoms with Crippen molar-refractivity contribution in [2.45, 2.75) is 6.92 Å². The number of ether oxygens (including phenoxy) is 1. The maximum absolute atomic E-state index is 8.54. The van der Waals surface area contributed by atoms with Gasteiger partial charge in [-0.2, -0.15) is 0 Å². The van der Waals surface area contributed by atoms with Crippen molar-refractivity contribution in [3.05, 3.63) is 22.4 Å². The summed E-state index contributed by atoms with van der Waals surface area (Å²) in [5.41, 5.74) is 0.950. The highest BCUT2D eigenvalue weighted by atomic mass is 79.9. The Labute approximate surface area is 79.5 Å². The standard InChI is InChI=1S/C8H10BrNO2/c1-6-7(12-5-4-11)2-3-10-8(6)9/h2-3,11H,4-5H2,1H3. The molecule has 12 heavy (non-hydrogen) atoms. The third-order valence-corrected chi connectivity index (χ3v) is 2.24. The van der Waals surface area contributed by atoms with Crippen LogP contribution in [0.3, 0.4) is 0 Å². The van der Waals surface area contributed by atoms with E-state index in [4.69, 9.17) is 9.84 Å². The molecular formula is C8H10BrNO2. The Balaban J connectivity index is 2.78. The van der Waals surface area contributed by atoms with Crippen molar-refractivity contribution in [2.24, 2.45) is 0 Å². The number of rotatable bonds is 3. The molecule has 1 N–H and O–H groups in total. The topological polar surface area (TPSA) is 42.4 Å². The highest BCUT2D eigenvalue weighted by Crippen LogP contribution is 2.22. The van der Waals surface area contributed by atoms with Crippen LogP contribution in [0.1, 0.15) is 5.56 Å². The smallest absolute Gasteiger partial charge is 0.126 e. The lowest BCUT2D eigenvalue weighted by Gasteiger charge is -2.07. The van der Waals surface area contributed by atoms with Gasteiger partial charge in [-0.05, 0) is 28.9 Å². The Morgan fingerprint density at radius 3 is 3.08 bits per heavy atom. The Morgan fingerprint density at radius 2 is 2.42 bits per heavy atom. The molecule has 4 heteroatoms. The van der Waals surface area contributed by atoms with Crippen LogP contribution in [0.15, 0.2) is 16.9 Å². The number of nitrogens with zero attached hydrogens (tertiary/aromatic N) is 1. The molecule has 0 aliphatic heterocycles. The zero-order chi connectivity index (χ0) is 8.97. The van der Waals surface area contributed by atoms with Gasteiger partial charge in [-0.15, -0.1) is 0 Å². The van der Waals surface area contributed by atoms with Crippen LogP contribution in [-0.4, -0.2) is 23.3 Å². The molecule has 66 valence electrons. The normalized spacial score (nSPS) is 9.92. The molecule has 0 bridgehead atoms. The monoisotopic (exact) mass is 231 g/mol. The van der Waals surface area contributed by atoms with Gasteiger partial charge in [-0.3, -0.25) is 0 Å². The molecule has 1 aromatic heterocycles. The van der Waals surface area contributed by atoms with Crippen LogP contribution in [0, 0.1) is 6.92 Å². The fourth-order valence-corrected chi connectivity index (χ4v) is 1.12. The Morgan fingerprint density at radius 1 is 1.67 bits per heavy atom. The summed E-state index contributed by atoms with van der Waals surface area (Å²) in [6.45, 7) is 2.25. The lowest BCUT2D eigenvalue weighted by atomic mass is 10.3. The Hall–Kier alpha value is -0.610. The minimum absolute atomic E-state index is 0.0272. The minimum atomic E-state index is 0.0272. The first-order chi connectivity index (χ1) is 5.75. The molecule has 0 radical (unpaired) electrons. The van der Waals surface area contributed by atoms with Gasteiger partial charge in [0.15, 0.2) is 0 Å². The van der Waals surface area contributed by atoms with Crippen molar-refractivity contribution in [1.82, 2.24) is 4.98 Å². The fourth-order valence-electron chi connectivity index (χ4n) is 0.806. The zero-order valence-corrected chi connectivity index (χ0v) is 8.34. The van der Waals surface area contributed by atoms with Crippen molar-refractivity contribution >= 4 is 15.9 Å². The van der Waals surface area contributed by atoms with Crippen LogP contribution in [0.2, 0.25) is 0 Å². The van der Waals surface area contributed by atoms with Crippen molar-refractivity contribution < 1.29 is 9.84 Å². The highest BCUT2D eigenvalue weighted by Gasteiger charge is 2.02. The molecular weight excluding hydrogens is 222 g/mol. The molecule has 0 saturated heterocycles. The van der Waals surface area contributed by atoms with Gasteiger partial charge < -0.3 is 9.84 Å². The third kappa shape index (κ3) is 2.19. The van der Waals surface area contributed by atoms with E-state index in [-0.39, 0.29) is 6.61 Å². The number of halogens is 1. The molecule has 0 unspecified atom stereocenters. The summed E-state index contributed by atoms with van der Waals surface area (Å²) >= 11 is 3.28. The Kier molecular flexibility index (Phi) is 3.49. The van der Waals surface area contributed by atoms with Gasteiger partial charge in [0.2, 0.25) is 0 Å². The molecule has 3 nitrogen and oxygen atoms in total. The molecule has 0 atom stereocenters. The molecule has 1 heterocycles. The lowest BCUT2D eigenvalue weighted by Crippen LogP contribution is -2.03. The minimum Gasteiger partial charge on any atom is -0.491 e. The second kappa shape index (κ2) is 4.42. The quantitative estimate of drug-likeness (QED) is 0.803. The van der Waals surface area contributed by atoms with Gasteiger partial charge >= 0.3 is 0 Å². The second-order valence-electron chi connectivity index (χ2n) is 2.30. The number of aromatic nitrogens is 1. The first-order valence-corrected chi connectivity index (χ1v) is 4.39. The first kappa shape index (κ1) is 9.48. The maximum Gasteiger partial charge on any atom is 0.126 e. The van der Waals surface area contributed by atoms with Crippen LogP contribution in [0.4, 0.5) is 0 Å². The van der Waals surface area contributed by atoms with E-state index < -0.39 is 0 Å². The molecule has 0 aliphatic carbocycles. The van der Waals surface area contributed by atoms with Gasteiger partial charge in [0.25, 0.3) is 0 Å². The maximum atomic E-state index is 8.54. The van der Waals surface area contributed by atoms with E-state index in [1.807, 2.05) is 6.92 Å². The van der Waals surface area contributed by atoms with Crippen molar-refractivity contribution in [1.29, 1.82) is 0 Å². The van der Waals surface area contributed by atoms with E-state index in [0.29, 0.717) is 6.61 Å². The fraction of sp³-hybridized carbons (Fsp3) is 0.375. The van der Waals surface area contributed by atoms with E-state index >= 15 is 0 Å². The van der Waals surface area contributed by atoms with E-state index in [0.717, 1.165) is 15.9 Å². The summed E-state index contributed by atoms with van der Waals surface area (Å²) in [6.07, 6.45) is 1.66. The molecule has 1 aromatic rings. The van der Waals surface area contributed by atoms with Crippen molar-refractivity contribution in [2.75, 3.05) is 13.2 Å². The molecule has 1 rings (SSSR count). The van der Waals surface area contributed by atoms with E-state index in [2.05, 4.69) is 20.9 Å². The first-order valence-electron chi connectivity index (χ1n) is 3.60. The molecule has 0 saturated carbocycles. The number of hydrogen-bond acceptors (Lipinski definition) is 3. The number of hydrogen-bond donors (Lipinski definition) is 1. The largest absolute Gasteiger partial charge is 0.491 e. The number of aliphatic hydroxyl groups is 1. The van der Waals surface area contributed by atoms with Crippen molar-refractivity contribution in [3.63, 3.8) is 0 Å². The summed E-state index contributed by atoms with van der Waals surface area (Å²) in [5, 5.41) is 8.54. The summed E-state index contributed by atoms with van der Waals surface area (Å²) in [7, 11) is 0. The summed E-state index contributed by atoms with van der Waals surface area (Å²) in [4.78, 5) is 4.02. The van der Waals surface area contributed by atoms with Crippen LogP contribution in [0.25, 0.3) is 0 Å². The predicted octanol–water partition coefficient (Wildman–Crippen LogP) is 1.52. The van der Waals surface area contributed by atoms with Crippen LogP contribution in [0.5, 0.6) is 5.75 Å². The third-order valence-electron chi connectivity index (χ3n) is 1.44. The van der Waals surface area contributed by atoms with Gasteiger partial charge in [0.1, 0.15) is 17.0 Å². The zero-order valence-electron chi connectivity index (χ0n) is 6.75. The summed E-state index contributed by atoms with van der Waals surface area (Å²) < 4.78 is 6.02. The molecule has 0 fully saturated rings. The van der Waals surface area contributed by atoms with Crippen LogP contribution >= 0.6 is 15.9 Å². The number of aliphatic hydroxyl groups excluding tert-OH is 1. The van der Waals surface area contributed by atoms with Gasteiger partial charge in [-0.25, -0.2) is 4.98 Å². The SMILES string of the molecule is Cc1c(OCCO)ccnc1Br. The molecule has 0 spiro atoms. The lowest BCUT2D eigenvalue weighted by molar-refractivity contribution is 0.200. The molecule has 0 aromatic carbocycles. The van der Waals surface area contributed by atoms with Crippen molar-refractivity contribution in [3.8, 4) is 5.75 Å². The Bertz CT molecular complexity index is 265. The summed E-state index contributed by atoms with van der Waals surface area (Å²) in [6, 6.07) is 1.77. The highest BCUT2D eigenvalue weighted by molar-refractivity contribution is 9.10.